The Balaban J connectivity index is 1.16. The molecule has 6 atom stereocenters. The summed E-state index contributed by atoms with van der Waals surface area (Å²) in [6.07, 6.45) is 7.33. The zero-order valence-corrected chi connectivity index (χ0v) is 31.2. The van der Waals surface area contributed by atoms with Gasteiger partial charge in [0.25, 0.3) is 11.8 Å². The van der Waals surface area contributed by atoms with Crippen molar-refractivity contribution in [3.05, 3.63) is 59.3 Å². The number of rotatable bonds is 14. The molecule has 5 aliphatic rings. The molecule has 0 radical (unpaired) electrons. The van der Waals surface area contributed by atoms with E-state index >= 15 is 0 Å². The minimum atomic E-state index is -1.05. The van der Waals surface area contributed by atoms with Crippen molar-refractivity contribution >= 4 is 30.7 Å². The van der Waals surface area contributed by atoms with Gasteiger partial charge in [-0.05, 0) is 92.0 Å². The van der Waals surface area contributed by atoms with Crippen molar-refractivity contribution < 1.29 is 28.4 Å². The van der Waals surface area contributed by atoms with Crippen molar-refractivity contribution in [2.75, 3.05) is 37.7 Å². The predicted molar refractivity (Wildman–Crippen MR) is 197 cm³/mol. The number of benzene rings is 1. The first-order valence-corrected chi connectivity index (χ1v) is 19.0. The molecule has 3 heterocycles. The van der Waals surface area contributed by atoms with Gasteiger partial charge in [0.1, 0.15) is 11.9 Å². The molecular weight excluding hydrogens is 645 g/mol. The number of hydrogen-bond acceptors (Lipinski definition) is 8. The van der Waals surface area contributed by atoms with E-state index in [0.29, 0.717) is 42.6 Å². The third kappa shape index (κ3) is 8.13. The van der Waals surface area contributed by atoms with E-state index in [4.69, 9.17) is 14.0 Å². The highest BCUT2D eigenvalue weighted by Gasteiger charge is 2.68. The van der Waals surface area contributed by atoms with Gasteiger partial charge in [-0.1, -0.05) is 53.2 Å². The van der Waals surface area contributed by atoms with Crippen LogP contribution >= 0.6 is 0 Å². The topological polar surface area (TPSA) is 131 Å². The number of unbranched alkanes of at least 4 members (excludes halogenated alkanes) is 1. The Bertz CT molecular complexity index is 1530. The molecule has 276 valence electrons. The zero-order valence-electron chi connectivity index (χ0n) is 31.2. The van der Waals surface area contributed by atoms with Crippen LogP contribution in [0.1, 0.15) is 99.9 Å². The molecular formula is C39H56BN5O6. The number of morpholine rings is 1. The molecule has 11 nitrogen and oxygen atoms in total. The van der Waals surface area contributed by atoms with Gasteiger partial charge in [0.15, 0.2) is 0 Å². The van der Waals surface area contributed by atoms with Crippen LogP contribution < -0.4 is 20.9 Å². The molecule has 1 aromatic heterocycles. The minimum absolute atomic E-state index is 0.0239. The highest BCUT2D eigenvalue weighted by Crippen LogP contribution is 2.65. The predicted octanol–water partition coefficient (Wildman–Crippen LogP) is 4.59. The Morgan fingerprint density at radius 1 is 0.980 bits per heavy atom. The second-order valence-corrected chi connectivity index (χ2v) is 16.1. The van der Waals surface area contributed by atoms with E-state index in [9.17, 15) is 14.4 Å². The van der Waals surface area contributed by atoms with Crippen LogP contribution in [-0.4, -0.2) is 86.4 Å². The van der Waals surface area contributed by atoms with Gasteiger partial charge in [0, 0.05) is 31.4 Å². The van der Waals surface area contributed by atoms with Crippen molar-refractivity contribution in [1.29, 1.82) is 0 Å². The van der Waals surface area contributed by atoms with Crippen LogP contribution in [0.2, 0.25) is 0 Å². The molecule has 2 aliphatic heterocycles. The Morgan fingerprint density at radius 3 is 2.35 bits per heavy atom. The monoisotopic (exact) mass is 701 g/mol. The summed E-state index contributed by atoms with van der Waals surface area (Å²) < 4.78 is 18.8. The lowest BCUT2D eigenvalue weighted by Crippen LogP contribution is -2.65. The second kappa shape index (κ2) is 15.6. The summed E-state index contributed by atoms with van der Waals surface area (Å²) in [5.41, 5.74) is 1.75. The molecule has 12 heteroatoms. The molecule has 3 saturated carbocycles. The number of aromatic nitrogens is 1. The van der Waals surface area contributed by atoms with Gasteiger partial charge >= 0.3 is 7.12 Å². The number of hydrogen-bond donors (Lipinski definition) is 3. The van der Waals surface area contributed by atoms with Crippen molar-refractivity contribution in [2.24, 2.45) is 23.2 Å². The van der Waals surface area contributed by atoms with E-state index in [-0.39, 0.29) is 29.9 Å². The van der Waals surface area contributed by atoms with Crippen LogP contribution in [0.3, 0.4) is 0 Å². The first-order chi connectivity index (χ1) is 24.4. The summed E-state index contributed by atoms with van der Waals surface area (Å²) >= 11 is 0. The van der Waals surface area contributed by atoms with Crippen molar-refractivity contribution in [1.82, 2.24) is 20.9 Å². The van der Waals surface area contributed by atoms with E-state index in [1.165, 1.54) is 6.20 Å². The highest BCUT2D eigenvalue weighted by molar-refractivity contribution is 6.48. The standard InChI is InChI=1S/C39H56BN5O6/c1-7-8-9-26-10-12-27(13-11-26)36(47)43-30(24-42-35(46)28-14-15-34(41-23-28)45-16-18-49-19-17-45)37(48)44-33(20-25(2)3)40-50-32-22-29-21-31(38(29,4)5)39(32,6)51-40/h10-15,23,25,29-33H,7-9,16-22,24H2,1-6H3,(H,42,46)(H,43,47)(H,44,48)/t29-,30-,31-,32+,33-,39-/m0/s1. The fourth-order valence-electron chi connectivity index (χ4n) is 8.55. The van der Waals surface area contributed by atoms with Crippen LogP contribution in [0.4, 0.5) is 5.82 Å². The molecule has 51 heavy (non-hydrogen) atoms. The SMILES string of the molecule is CCCCc1ccc(C(=O)N[C@@H](CNC(=O)c2ccc(N3CCOCC3)nc2)C(=O)N[C@@H](CC(C)C)B2O[C@@H]3C[C@@H]4C[C@@H](C4(C)C)[C@]3(C)O2)cc1. The lowest BCUT2D eigenvalue weighted by Gasteiger charge is -2.64. The van der Waals surface area contributed by atoms with E-state index in [2.05, 4.69) is 67.4 Å². The molecule has 2 aromatic rings. The van der Waals surface area contributed by atoms with Crippen LogP contribution in [0.15, 0.2) is 42.6 Å². The summed E-state index contributed by atoms with van der Waals surface area (Å²) in [5.74, 6) is 0.395. The van der Waals surface area contributed by atoms with Crippen LogP contribution in [-0.2, 0) is 25.3 Å². The summed E-state index contributed by atoms with van der Waals surface area (Å²) in [6, 6.07) is 9.96. The van der Waals surface area contributed by atoms with E-state index < -0.39 is 36.5 Å². The van der Waals surface area contributed by atoms with Gasteiger partial charge in [-0.15, -0.1) is 0 Å². The second-order valence-electron chi connectivity index (χ2n) is 16.1. The minimum Gasteiger partial charge on any atom is -0.404 e. The summed E-state index contributed by atoms with van der Waals surface area (Å²) in [5, 5.41) is 8.95. The third-order valence-electron chi connectivity index (χ3n) is 11.8. The number of aryl methyl sites for hydroxylation is 1. The van der Waals surface area contributed by atoms with Gasteiger partial charge in [-0.2, -0.15) is 0 Å². The summed E-state index contributed by atoms with van der Waals surface area (Å²) in [6.45, 7) is 15.8. The molecule has 0 spiro atoms. The molecule has 3 aliphatic carbocycles. The molecule has 5 fully saturated rings. The molecule has 2 bridgehead atoms. The number of pyridine rings is 1. The average Bonchev–Trinajstić information content (AvgIpc) is 3.49. The Hall–Kier alpha value is -3.48. The van der Waals surface area contributed by atoms with E-state index in [1.54, 1.807) is 18.2 Å². The van der Waals surface area contributed by atoms with Gasteiger partial charge in [-0.3, -0.25) is 14.4 Å². The van der Waals surface area contributed by atoms with Gasteiger partial charge in [-0.25, -0.2) is 4.98 Å². The lowest BCUT2D eigenvalue weighted by molar-refractivity contribution is -0.199. The average molecular weight is 702 g/mol. The van der Waals surface area contributed by atoms with Gasteiger partial charge < -0.3 is 34.9 Å². The fraction of sp³-hybridized carbons (Fsp3) is 0.641. The van der Waals surface area contributed by atoms with Crippen molar-refractivity contribution in [3.63, 3.8) is 0 Å². The Labute approximate surface area is 303 Å². The van der Waals surface area contributed by atoms with Crippen molar-refractivity contribution in [3.8, 4) is 0 Å². The van der Waals surface area contributed by atoms with Gasteiger partial charge in [0.05, 0.1) is 36.4 Å². The fourth-order valence-corrected chi connectivity index (χ4v) is 8.55. The first-order valence-electron chi connectivity index (χ1n) is 19.0. The number of nitrogens with one attached hydrogen (secondary N) is 3. The normalized spacial score (nSPS) is 26.1. The Kier molecular flexibility index (Phi) is 11.4. The van der Waals surface area contributed by atoms with E-state index in [1.807, 2.05) is 18.2 Å². The quantitative estimate of drug-likeness (QED) is 0.244. The number of carbonyl (C=O) groups is 3. The van der Waals surface area contributed by atoms with E-state index in [0.717, 1.165) is 56.6 Å². The van der Waals surface area contributed by atoms with Crippen LogP contribution in [0, 0.1) is 23.2 Å². The highest BCUT2D eigenvalue weighted by atomic mass is 16.7. The third-order valence-corrected chi connectivity index (χ3v) is 11.8. The first kappa shape index (κ1) is 37.3. The number of nitrogens with zero attached hydrogens (tertiary/aromatic N) is 2. The smallest absolute Gasteiger partial charge is 0.404 e. The summed E-state index contributed by atoms with van der Waals surface area (Å²) in [4.78, 5) is 47.6. The Morgan fingerprint density at radius 2 is 1.71 bits per heavy atom. The molecule has 1 aromatic carbocycles. The molecule has 2 saturated heterocycles. The van der Waals surface area contributed by atoms with Crippen LogP contribution in [0.5, 0.6) is 0 Å². The molecule has 7 rings (SSSR count). The number of carbonyl (C=O) groups excluding carboxylic acids is 3. The molecule has 3 N–H and O–H groups in total. The maximum atomic E-state index is 14.2. The van der Waals surface area contributed by atoms with Crippen LogP contribution in [0.25, 0.3) is 0 Å². The largest absolute Gasteiger partial charge is 0.481 e. The molecule has 0 unspecified atom stereocenters. The number of ether oxygens (including phenoxy) is 1. The maximum Gasteiger partial charge on any atom is 0.481 e. The van der Waals surface area contributed by atoms with Crippen molar-refractivity contribution in [2.45, 2.75) is 104 Å². The zero-order chi connectivity index (χ0) is 36.3. The lowest BCUT2D eigenvalue weighted by atomic mass is 9.43. The van der Waals surface area contributed by atoms with Gasteiger partial charge in [0.2, 0.25) is 5.91 Å². The number of anilines is 1. The maximum absolute atomic E-state index is 14.2. The summed E-state index contributed by atoms with van der Waals surface area (Å²) in [7, 11) is -0.612. The number of amides is 3. The molecule has 3 amide bonds.